The van der Waals surface area contributed by atoms with Crippen LogP contribution in [-0.2, 0) is 4.79 Å². The first kappa shape index (κ1) is 20.8. The lowest BCUT2D eigenvalue weighted by Gasteiger charge is -2.06. The van der Waals surface area contributed by atoms with Gasteiger partial charge in [0.15, 0.2) is 0 Å². The number of benzene rings is 3. The van der Waals surface area contributed by atoms with Gasteiger partial charge < -0.3 is 10.1 Å². The molecule has 0 aromatic heterocycles. The summed E-state index contributed by atoms with van der Waals surface area (Å²) in [6.07, 6.45) is 1.46. The van der Waals surface area contributed by atoms with Crippen LogP contribution in [0.15, 0.2) is 78.4 Å². The van der Waals surface area contributed by atoms with Gasteiger partial charge in [-0.05, 0) is 67.1 Å². The maximum absolute atomic E-state index is 12.3. The molecule has 5 nitrogen and oxygen atoms in total. The Hall–Kier alpha value is -3.88. The molecule has 6 heteroatoms. The average Bonchev–Trinajstić information content (AvgIpc) is 2.75. The lowest BCUT2D eigenvalue weighted by molar-refractivity contribution is -0.112. The summed E-state index contributed by atoms with van der Waals surface area (Å²) in [7, 11) is 0. The zero-order valence-corrected chi connectivity index (χ0v) is 16.8. The van der Waals surface area contributed by atoms with Crippen molar-refractivity contribution < 1.29 is 14.3 Å². The summed E-state index contributed by atoms with van der Waals surface area (Å²) in [4.78, 5) is 24.5. The number of nitriles is 1. The second kappa shape index (κ2) is 9.55. The summed E-state index contributed by atoms with van der Waals surface area (Å²) in [5.41, 5.74) is 2.59. The third-order valence-electron chi connectivity index (χ3n) is 4.16. The third kappa shape index (κ3) is 5.57. The van der Waals surface area contributed by atoms with Crippen LogP contribution in [-0.4, -0.2) is 11.9 Å². The zero-order valence-electron chi connectivity index (χ0n) is 16.1. The molecule has 0 spiro atoms. The Morgan fingerprint density at radius 2 is 1.60 bits per heavy atom. The van der Waals surface area contributed by atoms with E-state index in [2.05, 4.69) is 5.32 Å². The number of nitrogens with one attached hydrogen (secondary N) is 1. The minimum absolute atomic E-state index is 0.0608. The summed E-state index contributed by atoms with van der Waals surface area (Å²) in [6, 6.07) is 22.1. The molecule has 3 aromatic rings. The highest BCUT2D eigenvalue weighted by atomic mass is 35.5. The van der Waals surface area contributed by atoms with Crippen LogP contribution in [0.25, 0.3) is 6.08 Å². The van der Waals surface area contributed by atoms with E-state index >= 15 is 0 Å². The van der Waals surface area contributed by atoms with Gasteiger partial charge in [0.2, 0.25) is 0 Å². The van der Waals surface area contributed by atoms with Gasteiger partial charge in [0.25, 0.3) is 5.91 Å². The van der Waals surface area contributed by atoms with Crippen LogP contribution >= 0.6 is 11.6 Å². The molecule has 0 saturated heterocycles. The Balaban J connectivity index is 1.67. The van der Waals surface area contributed by atoms with Gasteiger partial charge in [-0.2, -0.15) is 5.26 Å². The molecule has 0 atom stereocenters. The molecule has 0 heterocycles. The van der Waals surface area contributed by atoms with E-state index in [0.29, 0.717) is 27.6 Å². The predicted molar refractivity (Wildman–Crippen MR) is 116 cm³/mol. The van der Waals surface area contributed by atoms with E-state index in [0.717, 1.165) is 5.56 Å². The molecule has 0 aliphatic carbocycles. The molecule has 0 radical (unpaired) electrons. The number of nitrogens with zero attached hydrogens (tertiary/aromatic N) is 1. The number of carbonyl (C=O) groups excluding carboxylic acids is 2. The molecule has 1 N–H and O–H groups in total. The monoisotopic (exact) mass is 416 g/mol. The van der Waals surface area contributed by atoms with E-state index in [1.54, 1.807) is 60.7 Å². The molecule has 0 aliphatic rings. The highest BCUT2D eigenvalue weighted by Gasteiger charge is 2.11. The first-order chi connectivity index (χ1) is 14.4. The molecule has 148 valence electrons. The van der Waals surface area contributed by atoms with Crippen molar-refractivity contribution in [1.29, 1.82) is 5.26 Å². The minimum Gasteiger partial charge on any atom is -0.423 e. The number of esters is 1. The van der Waals surface area contributed by atoms with Gasteiger partial charge in [-0.15, -0.1) is 0 Å². The first-order valence-corrected chi connectivity index (χ1v) is 9.40. The summed E-state index contributed by atoms with van der Waals surface area (Å²) in [6.45, 7) is 1.94. The highest BCUT2D eigenvalue weighted by molar-refractivity contribution is 6.30. The smallest absolute Gasteiger partial charge is 0.343 e. The molecule has 0 unspecified atom stereocenters. The number of halogens is 1. The second-order valence-corrected chi connectivity index (χ2v) is 6.89. The molecule has 0 saturated carbocycles. The van der Waals surface area contributed by atoms with Crippen molar-refractivity contribution in [3.63, 3.8) is 0 Å². The maximum atomic E-state index is 12.3. The van der Waals surface area contributed by atoms with Crippen LogP contribution in [0.2, 0.25) is 5.02 Å². The number of rotatable bonds is 5. The fraction of sp³-hybridized carbons (Fsp3) is 0.0417. The van der Waals surface area contributed by atoms with Gasteiger partial charge in [-0.3, -0.25) is 4.79 Å². The molecular weight excluding hydrogens is 400 g/mol. The van der Waals surface area contributed by atoms with E-state index < -0.39 is 11.9 Å². The fourth-order valence-corrected chi connectivity index (χ4v) is 2.66. The number of amides is 1. The van der Waals surface area contributed by atoms with Gasteiger partial charge in [-0.25, -0.2) is 4.79 Å². The average molecular weight is 417 g/mol. The van der Waals surface area contributed by atoms with Crippen molar-refractivity contribution in [1.82, 2.24) is 0 Å². The van der Waals surface area contributed by atoms with Crippen LogP contribution in [0.1, 0.15) is 21.5 Å². The molecule has 0 fully saturated rings. The van der Waals surface area contributed by atoms with Crippen molar-refractivity contribution in [2.45, 2.75) is 6.92 Å². The standard InChI is InChI=1S/C24H17ClN2O3/c1-16-2-6-18(7-3-16)24(29)30-22-12-4-17(5-13-22)14-19(15-26)23(28)27-21-10-8-20(25)9-11-21/h2-14H,1H3,(H,27,28)/b19-14+. The number of ether oxygens (including phenoxy) is 1. The van der Waals surface area contributed by atoms with Crippen molar-refractivity contribution in [2.24, 2.45) is 0 Å². The molecule has 3 rings (SSSR count). The third-order valence-corrected chi connectivity index (χ3v) is 4.41. The Labute approximate surface area is 179 Å². The lowest BCUT2D eigenvalue weighted by Crippen LogP contribution is -2.13. The van der Waals surface area contributed by atoms with Gasteiger partial charge in [0.1, 0.15) is 17.4 Å². The molecule has 1 amide bonds. The van der Waals surface area contributed by atoms with E-state index in [9.17, 15) is 14.9 Å². The molecule has 3 aromatic carbocycles. The molecule has 0 bridgehead atoms. The molecule has 0 aliphatic heterocycles. The van der Waals surface area contributed by atoms with Crippen molar-refractivity contribution >= 4 is 35.2 Å². The molecular formula is C24H17ClN2O3. The predicted octanol–water partition coefficient (Wildman–Crippen LogP) is 5.41. The number of aryl methyl sites for hydroxylation is 1. The SMILES string of the molecule is Cc1ccc(C(=O)Oc2ccc(/C=C(\C#N)C(=O)Nc3ccc(Cl)cc3)cc2)cc1. The Morgan fingerprint density at radius 1 is 0.967 bits per heavy atom. The van der Waals surface area contributed by atoms with Crippen LogP contribution in [0.3, 0.4) is 0 Å². The number of carbonyl (C=O) groups is 2. The summed E-state index contributed by atoms with van der Waals surface area (Å²) in [5, 5.41) is 12.5. The van der Waals surface area contributed by atoms with E-state index in [1.165, 1.54) is 6.08 Å². The van der Waals surface area contributed by atoms with Crippen LogP contribution in [0.5, 0.6) is 5.75 Å². The van der Waals surface area contributed by atoms with Gasteiger partial charge >= 0.3 is 5.97 Å². The van der Waals surface area contributed by atoms with E-state index in [-0.39, 0.29) is 5.57 Å². The number of hydrogen-bond donors (Lipinski definition) is 1. The quantitative estimate of drug-likeness (QED) is 0.261. The lowest BCUT2D eigenvalue weighted by atomic mass is 10.1. The van der Waals surface area contributed by atoms with Gasteiger partial charge in [0.05, 0.1) is 5.56 Å². The van der Waals surface area contributed by atoms with Crippen molar-refractivity contribution in [2.75, 3.05) is 5.32 Å². The Bertz CT molecular complexity index is 1130. The van der Waals surface area contributed by atoms with Gasteiger partial charge in [-0.1, -0.05) is 41.4 Å². The van der Waals surface area contributed by atoms with E-state index in [4.69, 9.17) is 16.3 Å². The minimum atomic E-state index is -0.533. The fourth-order valence-electron chi connectivity index (χ4n) is 2.53. The normalized spacial score (nSPS) is 10.8. The van der Waals surface area contributed by atoms with Crippen molar-refractivity contribution in [3.8, 4) is 11.8 Å². The van der Waals surface area contributed by atoms with Gasteiger partial charge in [0, 0.05) is 10.7 Å². The largest absolute Gasteiger partial charge is 0.423 e. The Morgan fingerprint density at radius 3 is 2.20 bits per heavy atom. The van der Waals surface area contributed by atoms with Crippen molar-refractivity contribution in [3.05, 3.63) is 100 Å². The second-order valence-electron chi connectivity index (χ2n) is 6.46. The summed E-state index contributed by atoms with van der Waals surface area (Å²) >= 11 is 5.82. The van der Waals surface area contributed by atoms with E-state index in [1.807, 2.05) is 25.1 Å². The Kier molecular flexibility index (Phi) is 6.63. The first-order valence-electron chi connectivity index (χ1n) is 9.02. The number of hydrogen-bond acceptors (Lipinski definition) is 4. The topological polar surface area (TPSA) is 79.2 Å². The summed E-state index contributed by atoms with van der Waals surface area (Å²) < 4.78 is 5.35. The van der Waals surface area contributed by atoms with Crippen LogP contribution in [0, 0.1) is 18.3 Å². The summed E-state index contributed by atoms with van der Waals surface area (Å²) in [5.74, 6) is -0.630. The van der Waals surface area contributed by atoms with Crippen LogP contribution < -0.4 is 10.1 Å². The highest BCUT2D eigenvalue weighted by Crippen LogP contribution is 2.18. The maximum Gasteiger partial charge on any atom is 0.343 e. The number of anilines is 1. The zero-order chi connectivity index (χ0) is 21.5. The van der Waals surface area contributed by atoms with Crippen LogP contribution in [0.4, 0.5) is 5.69 Å². The molecule has 30 heavy (non-hydrogen) atoms.